The van der Waals surface area contributed by atoms with E-state index in [-0.39, 0.29) is 5.56 Å². The fraction of sp³-hybridized carbons (Fsp3) is 0.200. The van der Waals surface area contributed by atoms with Crippen molar-refractivity contribution in [3.05, 3.63) is 39.9 Å². The highest BCUT2D eigenvalue weighted by molar-refractivity contribution is 5.77. The molecule has 3 nitrogen and oxygen atoms in total. The van der Waals surface area contributed by atoms with Crippen molar-refractivity contribution < 1.29 is 0 Å². The number of rotatable bonds is 0. The van der Waals surface area contributed by atoms with E-state index in [1.807, 2.05) is 19.1 Å². The Morgan fingerprint density at radius 3 is 2.85 bits per heavy atom. The van der Waals surface area contributed by atoms with Crippen molar-refractivity contribution in [2.24, 2.45) is 0 Å². The Morgan fingerprint density at radius 2 is 2.08 bits per heavy atom. The Bertz CT molecular complexity index is 509. The number of H-pyrrole nitrogens is 1. The van der Waals surface area contributed by atoms with Crippen molar-refractivity contribution in [1.82, 2.24) is 9.97 Å². The van der Waals surface area contributed by atoms with Crippen LogP contribution < -0.4 is 5.56 Å². The van der Waals surface area contributed by atoms with Crippen molar-refractivity contribution in [1.29, 1.82) is 0 Å². The molecule has 1 aromatic heterocycles. The summed E-state index contributed by atoms with van der Waals surface area (Å²) in [7, 11) is 0. The molecule has 1 heterocycles. The first kappa shape index (κ1) is 7.98. The number of benzene rings is 1. The Morgan fingerprint density at radius 1 is 1.31 bits per heavy atom. The molecule has 66 valence electrons. The molecule has 0 saturated heterocycles. The molecule has 0 unspecified atom stereocenters. The number of aromatic nitrogens is 2. The summed E-state index contributed by atoms with van der Waals surface area (Å²) in [6, 6.07) is 5.63. The molecule has 0 amide bonds. The van der Waals surface area contributed by atoms with E-state index in [1.165, 1.54) is 0 Å². The molecular weight excluding hydrogens is 164 g/mol. The molecule has 0 saturated carbocycles. The summed E-state index contributed by atoms with van der Waals surface area (Å²) in [4.78, 5) is 18.3. The van der Waals surface area contributed by atoms with Gasteiger partial charge in [0.05, 0.1) is 10.9 Å². The van der Waals surface area contributed by atoms with Crippen LogP contribution in [0.25, 0.3) is 10.9 Å². The zero-order valence-electron chi connectivity index (χ0n) is 7.59. The van der Waals surface area contributed by atoms with Gasteiger partial charge in [-0.05, 0) is 31.5 Å². The van der Waals surface area contributed by atoms with Crippen LogP contribution in [0.3, 0.4) is 0 Å². The van der Waals surface area contributed by atoms with Crippen LogP contribution in [0.4, 0.5) is 0 Å². The van der Waals surface area contributed by atoms with Gasteiger partial charge in [-0.15, -0.1) is 0 Å². The summed E-state index contributed by atoms with van der Waals surface area (Å²) in [5.41, 5.74) is 1.81. The highest BCUT2D eigenvalue weighted by Crippen LogP contribution is 2.08. The molecular formula is C10H10N2O. The van der Waals surface area contributed by atoms with Gasteiger partial charge in [0.2, 0.25) is 0 Å². The third-order valence-electron chi connectivity index (χ3n) is 1.98. The van der Waals surface area contributed by atoms with Gasteiger partial charge in [0, 0.05) is 0 Å². The van der Waals surface area contributed by atoms with Crippen LogP contribution in [0, 0.1) is 13.8 Å². The van der Waals surface area contributed by atoms with Crippen molar-refractivity contribution in [2.45, 2.75) is 13.8 Å². The Kier molecular flexibility index (Phi) is 1.65. The summed E-state index contributed by atoms with van der Waals surface area (Å²) in [6.07, 6.45) is 0. The minimum absolute atomic E-state index is 0.0671. The van der Waals surface area contributed by atoms with Crippen LogP contribution in [0.5, 0.6) is 0 Å². The lowest BCUT2D eigenvalue weighted by molar-refractivity contribution is 1.06. The number of nitrogens with one attached hydrogen (secondary N) is 1. The summed E-state index contributed by atoms with van der Waals surface area (Å²) >= 11 is 0. The molecule has 0 aliphatic heterocycles. The molecule has 3 heteroatoms. The lowest BCUT2D eigenvalue weighted by atomic mass is 10.2. The van der Waals surface area contributed by atoms with Crippen LogP contribution in [0.2, 0.25) is 0 Å². The van der Waals surface area contributed by atoms with E-state index >= 15 is 0 Å². The van der Waals surface area contributed by atoms with Crippen molar-refractivity contribution in [3.63, 3.8) is 0 Å². The summed E-state index contributed by atoms with van der Waals surface area (Å²) in [6.45, 7) is 3.76. The van der Waals surface area contributed by atoms with Gasteiger partial charge in [-0.1, -0.05) is 6.07 Å². The second-order valence-electron chi connectivity index (χ2n) is 3.17. The average Bonchev–Trinajstić information content (AvgIpc) is 2.02. The minimum Gasteiger partial charge on any atom is -0.310 e. The fourth-order valence-electron chi connectivity index (χ4n) is 1.37. The number of aromatic amines is 1. The molecule has 0 aliphatic carbocycles. The summed E-state index contributed by atoms with van der Waals surface area (Å²) in [5, 5.41) is 0.649. The van der Waals surface area contributed by atoms with E-state index in [0.717, 1.165) is 11.1 Å². The lowest BCUT2D eigenvalue weighted by Gasteiger charge is -1.98. The largest absolute Gasteiger partial charge is 0.310 e. The molecule has 1 aromatic carbocycles. The average molecular weight is 174 g/mol. The van der Waals surface area contributed by atoms with Crippen LogP contribution in [0.15, 0.2) is 23.0 Å². The van der Waals surface area contributed by atoms with E-state index in [1.54, 1.807) is 13.0 Å². The molecule has 13 heavy (non-hydrogen) atoms. The number of aryl methyl sites for hydroxylation is 2. The number of nitrogens with zero attached hydrogens (tertiary/aromatic N) is 1. The summed E-state index contributed by atoms with van der Waals surface area (Å²) < 4.78 is 0. The predicted molar refractivity (Wildman–Crippen MR) is 51.8 cm³/mol. The Hall–Kier alpha value is -1.64. The second kappa shape index (κ2) is 2.69. The first-order valence-corrected chi connectivity index (χ1v) is 4.14. The van der Waals surface area contributed by atoms with Gasteiger partial charge in [-0.25, -0.2) is 4.98 Å². The van der Waals surface area contributed by atoms with E-state index in [9.17, 15) is 4.79 Å². The van der Waals surface area contributed by atoms with E-state index < -0.39 is 0 Å². The maximum absolute atomic E-state index is 11.4. The molecule has 0 atom stereocenters. The number of hydrogen-bond acceptors (Lipinski definition) is 2. The molecule has 0 fully saturated rings. The standard InChI is InChI=1S/C10H10N2O/c1-6-3-4-8-9(5-6)11-7(2)12-10(8)13/h3-5H,1-2H3,(H,11,12,13). The van der Waals surface area contributed by atoms with Crippen LogP contribution in [-0.4, -0.2) is 9.97 Å². The Balaban J connectivity index is 2.95. The van der Waals surface area contributed by atoms with E-state index in [4.69, 9.17) is 0 Å². The van der Waals surface area contributed by atoms with E-state index in [0.29, 0.717) is 11.2 Å². The van der Waals surface area contributed by atoms with Gasteiger partial charge in [-0.3, -0.25) is 4.79 Å². The highest BCUT2D eigenvalue weighted by atomic mass is 16.1. The van der Waals surface area contributed by atoms with Gasteiger partial charge in [0.15, 0.2) is 0 Å². The first-order chi connectivity index (χ1) is 6.16. The molecule has 1 N–H and O–H groups in total. The number of fused-ring (bicyclic) bond motifs is 1. The monoisotopic (exact) mass is 174 g/mol. The minimum atomic E-state index is -0.0671. The second-order valence-corrected chi connectivity index (χ2v) is 3.17. The van der Waals surface area contributed by atoms with Gasteiger partial charge < -0.3 is 4.98 Å². The van der Waals surface area contributed by atoms with Crippen molar-refractivity contribution >= 4 is 10.9 Å². The lowest BCUT2D eigenvalue weighted by Crippen LogP contribution is -2.09. The third kappa shape index (κ3) is 1.33. The molecule has 2 aromatic rings. The molecule has 0 spiro atoms. The zero-order chi connectivity index (χ0) is 9.42. The first-order valence-electron chi connectivity index (χ1n) is 4.14. The molecule has 0 aliphatic rings. The predicted octanol–water partition coefficient (Wildman–Crippen LogP) is 1.54. The number of hydrogen-bond donors (Lipinski definition) is 1. The Labute approximate surface area is 75.4 Å². The smallest absolute Gasteiger partial charge is 0.258 e. The molecule has 0 bridgehead atoms. The van der Waals surface area contributed by atoms with Crippen LogP contribution in [-0.2, 0) is 0 Å². The van der Waals surface area contributed by atoms with Gasteiger partial charge in [-0.2, -0.15) is 0 Å². The normalized spacial score (nSPS) is 10.6. The molecule has 2 rings (SSSR count). The SMILES string of the molecule is Cc1ccc2c(=O)[nH]c(C)nc2c1. The van der Waals surface area contributed by atoms with Crippen molar-refractivity contribution in [3.8, 4) is 0 Å². The highest BCUT2D eigenvalue weighted by Gasteiger charge is 2.00. The van der Waals surface area contributed by atoms with E-state index in [2.05, 4.69) is 9.97 Å². The zero-order valence-corrected chi connectivity index (χ0v) is 7.59. The summed E-state index contributed by atoms with van der Waals surface area (Å²) in [5.74, 6) is 0.656. The third-order valence-corrected chi connectivity index (χ3v) is 1.98. The topological polar surface area (TPSA) is 45.8 Å². The van der Waals surface area contributed by atoms with Crippen LogP contribution >= 0.6 is 0 Å². The fourth-order valence-corrected chi connectivity index (χ4v) is 1.37. The van der Waals surface area contributed by atoms with Crippen LogP contribution in [0.1, 0.15) is 11.4 Å². The van der Waals surface area contributed by atoms with Gasteiger partial charge in [0.25, 0.3) is 5.56 Å². The quantitative estimate of drug-likeness (QED) is 0.658. The maximum atomic E-state index is 11.4. The van der Waals surface area contributed by atoms with Crippen molar-refractivity contribution in [2.75, 3.05) is 0 Å². The van der Waals surface area contributed by atoms with Gasteiger partial charge >= 0.3 is 0 Å². The maximum Gasteiger partial charge on any atom is 0.258 e. The molecule has 0 radical (unpaired) electrons. The van der Waals surface area contributed by atoms with Gasteiger partial charge in [0.1, 0.15) is 5.82 Å².